The summed E-state index contributed by atoms with van der Waals surface area (Å²) in [5, 5.41) is 0. The Labute approximate surface area is 100 Å². The second-order valence-corrected chi connectivity index (χ2v) is 0. The summed E-state index contributed by atoms with van der Waals surface area (Å²) in [5.74, 6) is 0. The molecule has 0 spiro atoms. The summed E-state index contributed by atoms with van der Waals surface area (Å²) in [5.41, 5.74) is 0. The molecule has 0 bridgehead atoms. The van der Waals surface area contributed by atoms with Crippen LogP contribution in [0.15, 0.2) is 0 Å². The van der Waals surface area contributed by atoms with Gasteiger partial charge in [0.25, 0.3) is 0 Å². The summed E-state index contributed by atoms with van der Waals surface area (Å²) in [7, 11) is 0. The van der Waals surface area contributed by atoms with Crippen LogP contribution in [-0.4, -0.2) is 88.2 Å². The van der Waals surface area contributed by atoms with Crippen LogP contribution in [0.2, 0.25) is 0 Å². The van der Waals surface area contributed by atoms with Gasteiger partial charge in [0.15, 0.2) is 0 Å². The minimum atomic E-state index is 0. The summed E-state index contributed by atoms with van der Waals surface area (Å²) >= 11 is 0.611. The van der Waals surface area contributed by atoms with Gasteiger partial charge in [-0.1, -0.05) is 0 Å². The van der Waals surface area contributed by atoms with Crippen molar-refractivity contribution in [2.75, 3.05) is 0 Å². The molecule has 0 aliphatic rings. The van der Waals surface area contributed by atoms with E-state index in [-0.39, 0.29) is 82.3 Å². The van der Waals surface area contributed by atoms with Crippen molar-refractivity contribution in [1.82, 2.24) is 0 Å². The van der Waals surface area contributed by atoms with Crippen LogP contribution >= 0.6 is 0 Å². The van der Waals surface area contributed by atoms with E-state index in [1.54, 1.807) is 0 Å². The van der Waals surface area contributed by atoms with E-state index in [1.807, 2.05) is 0 Å². The Bertz CT molecular complexity index is 20.5. The molecule has 0 aromatic carbocycles. The zero-order valence-corrected chi connectivity index (χ0v) is 10.2. The predicted octanol–water partition coefficient (Wildman–Crippen LogP) is -0.926. The van der Waals surface area contributed by atoms with Gasteiger partial charge in [0, 0.05) is 0 Å². The first-order valence-electron chi connectivity index (χ1n) is 0.289. The molecule has 0 amide bonds. The second kappa shape index (κ2) is 30.6. The van der Waals surface area contributed by atoms with Crippen molar-refractivity contribution in [3.05, 3.63) is 0 Å². The molecule has 0 heterocycles. The summed E-state index contributed by atoms with van der Waals surface area (Å²) in [6.07, 6.45) is 0. The summed E-state index contributed by atoms with van der Waals surface area (Å²) in [4.78, 5) is 0. The second-order valence-electron chi connectivity index (χ2n) is 0. The van der Waals surface area contributed by atoms with Crippen molar-refractivity contribution in [2.45, 2.75) is 0 Å². The molecule has 0 rings (SSSR count). The first-order chi connectivity index (χ1) is 1.00. The van der Waals surface area contributed by atoms with Crippen LogP contribution in [0.25, 0.3) is 0 Å². The molecule has 0 aliphatic carbocycles. The molecule has 0 aromatic rings. The molecular weight excluding hydrogens is 224 g/mol. The van der Waals surface area contributed by atoms with Crippen molar-refractivity contribution in [1.29, 1.82) is 0 Å². The van der Waals surface area contributed by atoms with E-state index in [9.17, 15) is 0 Å². The topological polar surface area (TPSA) is 17.1 Å². The third kappa shape index (κ3) is 20.7. The van der Waals surface area contributed by atoms with Crippen LogP contribution in [-0.2, 0) is 3.80 Å². The monoisotopic (exact) mass is 230 g/mol. The first kappa shape index (κ1) is 25.5. The van der Waals surface area contributed by atoms with Crippen LogP contribution < -0.4 is 0 Å². The van der Waals surface area contributed by atoms with Gasteiger partial charge in [0.05, 0.1) is 0 Å². The molecule has 5 heavy (non-hydrogen) atoms. The zero-order chi connectivity index (χ0) is 2.00. The predicted molar refractivity (Wildman–Crippen MR) is 26.3 cm³/mol. The molecular formula is H6AlBaFMgO. The third-order valence-electron chi connectivity index (χ3n) is 0. The molecule has 5 heteroatoms. The standard InChI is InChI=1S/Al.Ba.FH.Mg.O.5H/h;;1H;;;;;;;/q;+2;;+2;;;4*-1. The molecule has 0 aromatic heterocycles. The fourth-order valence-corrected chi connectivity index (χ4v) is 0. The Morgan fingerprint density at radius 3 is 1.40 bits per heavy atom. The summed E-state index contributed by atoms with van der Waals surface area (Å²) in [6, 6.07) is 0. The van der Waals surface area contributed by atoms with E-state index >= 15 is 0 Å². The Balaban J connectivity index is -0.000000000238. The SMILES string of the molecule is F.[Ba+2].[H-].[H-].[H-].[H-].[Mg+2].[O]=[AlH]. The Kier molecular flexibility index (Phi) is 156. The van der Waals surface area contributed by atoms with Crippen molar-refractivity contribution in [3.63, 3.8) is 0 Å². The van der Waals surface area contributed by atoms with Crippen molar-refractivity contribution in [3.8, 4) is 0 Å². The van der Waals surface area contributed by atoms with E-state index in [2.05, 4.69) is 0 Å². The van der Waals surface area contributed by atoms with Crippen molar-refractivity contribution in [2.24, 2.45) is 0 Å². The zero-order valence-electron chi connectivity index (χ0n) is 6.94. The Morgan fingerprint density at radius 1 is 1.40 bits per heavy atom. The molecule has 1 nitrogen and oxygen atoms in total. The van der Waals surface area contributed by atoms with Gasteiger partial charge in [-0.05, 0) is 0 Å². The number of hydrogen-bond acceptors (Lipinski definition) is 1. The van der Waals surface area contributed by atoms with E-state index in [0.29, 0.717) is 16.2 Å². The van der Waals surface area contributed by atoms with Gasteiger partial charge in [-0.25, -0.2) is 0 Å². The van der Waals surface area contributed by atoms with Crippen LogP contribution in [0.4, 0.5) is 4.70 Å². The third-order valence-corrected chi connectivity index (χ3v) is 0. The maximum atomic E-state index is 8.28. The van der Waals surface area contributed by atoms with E-state index in [1.165, 1.54) is 0 Å². The van der Waals surface area contributed by atoms with Gasteiger partial charge in [-0.2, -0.15) is 0 Å². The van der Waals surface area contributed by atoms with Crippen molar-refractivity contribution < 1.29 is 14.2 Å². The van der Waals surface area contributed by atoms with Gasteiger partial charge in [-0.15, -0.1) is 0 Å². The fraction of sp³-hybridized carbons (Fsp3) is 0. The molecule has 0 saturated heterocycles. The number of halogens is 1. The number of hydrogen-bond donors (Lipinski definition) is 0. The molecule has 0 radical (unpaired) electrons. The molecule has 0 saturated carbocycles. The molecule has 0 atom stereocenters. The van der Waals surface area contributed by atoms with Gasteiger partial charge in [0.1, 0.15) is 0 Å². The Hall–Kier alpha value is 2.60. The van der Waals surface area contributed by atoms with Gasteiger partial charge in [-0.3, -0.25) is 4.70 Å². The molecule has 0 N–H and O–H groups in total. The summed E-state index contributed by atoms with van der Waals surface area (Å²) < 4.78 is 8.28. The first-order valence-corrected chi connectivity index (χ1v) is 0.866. The minimum absolute atomic E-state index is 0. The summed E-state index contributed by atoms with van der Waals surface area (Å²) in [6.45, 7) is 0. The van der Waals surface area contributed by atoms with Crippen LogP contribution in [0.1, 0.15) is 5.71 Å². The quantitative estimate of drug-likeness (QED) is 0.491. The van der Waals surface area contributed by atoms with Gasteiger partial charge >= 0.3 is 92.0 Å². The van der Waals surface area contributed by atoms with Gasteiger partial charge < -0.3 is 5.71 Å². The molecule has 0 fully saturated rings. The normalized spacial score (nSPS) is 0.600. The van der Waals surface area contributed by atoms with E-state index in [0.717, 1.165) is 0 Å². The Morgan fingerprint density at radius 2 is 1.40 bits per heavy atom. The van der Waals surface area contributed by atoms with E-state index in [4.69, 9.17) is 3.80 Å². The van der Waals surface area contributed by atoms with E-state index < -0.39 is 0 Å². The molecule has 26 valence electrons. The van der Waals surface area contributed by atoms with Crippen LogP contribution in [0, 0.1) is 0 Å². The van der Waals surface area contributed by atoms with Crippen molar-refractivity contribution >= 4 is 88.2 Å². The van der Waals surface area contributed by atoms with Gasteiger partial charge in [0.2, 0.25) is 0 Å². The number of rotatable bonds is 0. The maximum absolute atomic E-state index is 8.28. The fourth-order valence-electron chi connectivity index (χ4n) is 0. The average molecular weight is 230 g/mol. The molecule has 0 aliphatic heterocycles. The average Bonchev–Trinajstić information content (AvgIpc) is 1.00. The van der Waals surface area contributed by atoms with Crippen LogP contribution in [0.3, 0.4) is 0 Å². The molecule has 0 unspecified atom stereocenters. The van der Waals surface area contributed by atoms with Crippen LogP contribution in [0.5, 0.6) is 0 Å².